The summed E-state index contributed by atoms with van der Waals surface area (Å²) >= 11 is 0. The second-order valence-corrected chi connectivity index (χ2v) is 11.5. The highest BCUT2D eigenvalue weighted by Gasteiger charge is 2.74. The lowest BCUT2D eigenvalue weighted by atomic mass is 9.48. The molecule has 2 saturated carbocycles. The SMILES string of the molecule is Cl.O=C1CC[C@@]2(OCCCc3ccccc3)[C@H]3Cc4ccc(O)c5c4[C@@]2(CCN3CC2CCC2)C1O5. The van der Waals surface area contributed by atoms with Crippen LogP contribution in [0.25, 0.3) is 0 Å². The molecule has 2 bridgehead atoms. The predicted molar refractivity (Wildman–Crippen MR) is 140 cm³/mol. The van der Waals surface area contributed by atoms with Crippen LogP contribution >= 0.6 is 12.4 Å². The van der Waals surface area contributed by atoms with Gasteiger partial charge in [-0.25, -0.2) is 0 Å². The molecule has 1 spiro atoms. The average Bonchev–Trinajstić information content (AvgIpc) is 3.20. The number of hydrogen-bond donors (Lipinski definition) is 1. The molecule has 0 aromatic heterocycles. The summed E-state index contributed by atoms with van der Waals surface area (Å²) < 4.78 is 13.5. The number of carbonyl (C=O) groups excluding carboxylic acids is 1. The fourth-order valence-corrected chi connectivity index (χ4v) is 8.08. The van der Waals surface area contributed by atoms with Gasteiger partial charge in [-0.3, -0.25) is 9.69 Å². The Labute approximate surface area is 219 Å². The summed E-state index contributed by atoms with van der Waals surface area (Å²) in [5.74, 6) is 1.67. The van der Waals surface area contributed by atoms with E-state index in [0.717, 1.165) is 56.7 Å². The second-order valence-electron chi connectivity index (χ2n) is 11.5. The lowest BCUT2D eigenvalue weighted by Crippen LogP contribution is -2.77. The van der Waals surface area contributed by atoms with Crippen LogP contribution in [-0.4, -0.2) is 53.2 Å². The molecule has 1 saturated heterocycles. The van der Waals surface area contributed by atoms with Gasteiger partial charge in [-0.15, -0.1) is 12.4 Å². The number of benzene rings is 2. The van der Waals surface area contributed by atoms with Crippen LogP contribution in [-0.2, 0) is 27.8 Å². The van der Waals surface area contributed by atoms with Crippen molar-refractivity contribution in [3.8, 4) is 11.5 Å². The predicted octanol–water partition coefficient (Wildman–Crippen LogP) is 4.99. The van der Waals surface area contributed by atoms with Crippen molar-refractivity contribution in [2.75, 3.05) is 19.7 Å². The van der Waals surface area contributed by atoms with Crippen molar-refractivity contribution in [1.82, 2.24) is 4.90 Å². The molecule has 7 rings (SSSR count). The van der Waals surface area contributed by atoms with Crippen molar-refractivity contribution in [1.29, 1.82) is 0 Å². The summed E-state index contributed by atoms with van der Waals surface area (Å²) in [6.07, 6.45) is 8.41. The minimum atomic E-state index is -0.541. The third-order valence-corrected chi connectivity index (χ3v) is 9.86. The molecule has 0 amide bonds. The molecule has 1 unspecified atom stereocenters. The molecule has 2 aromatic rings. The Balaban J connectivity index is 0.00000240. The molecule has 36 heavy (non-hydrogen) atoms. The number of Topliss-reactive ketones (excluding diaryl/α,β-unsaturated/α-hetero) is 1. The molecule has 2 aliphatic heterocycles. The van der Waals surface area contributed by atoms with Gasteiger partial charge in [-0.1, -0.05) is 42.8 Å². The van der Waals surface area contributed by atoms with E-state index >= 15 is 0 Å². The zero-order chi connectivity index (χ0) is 23.6. The van der Waals surface area contributed by atoms with E-state index < -0.39 is 17.1 Å². The van der Waals surface area contributed by atoms with Gasteiger partial charge in [0, 0.05) is 31.2 Å². The van der Waals surface area contributed by atoms with Gasteiger partial charge in [0.25, 0.3) is 0 Å². The van der Waals surface area contributed by atoms with E-state index in [2.05, 4.69) is 41.3 Å². The first-order chi connectivity index (χ1) is 17.1. The van der Waals surface area contributed by atoms with Crippen LogP contribution < -0.4 is 4.74 Å². The number of carbonyl (C=O) groups is 1. The highest BCUT2D eigenvalue weighted by molar-refractivity contribution is 5.90. The minimum Gasteiger partial charge on any atom is -0.504 e. The number of nitrogens with zero attached hydrogens (tertiary/aromatic N) is 1. The maximum Gasteiger partial charge on any atom is 0.174 e. The fourth-order valence-electron chi connectivity index (χ4n) is 8.08. The normalized spacial score (nSPS) is 32.3. The third kappa shape index (κ3) is 3.32. The molecule has 5 aliphatic rings. The van der Waals surface area contributed by atoms with Gasteiger partial charge in [0.1, 0.15) is 0 Å². The molecular weight excluding hydrogens is 474 g/mol. The topological polar surface area (TPSA) is 59.0 Å². The molecule has 3 fully saturated rings. The number of piperidine rings is 1. The largest absolute Gasteiger partial charge is 0.504 e. The van der Waals surface area contributed by atoms with Crippen LogP contribution in [0.3, 0.4) is 0 Å². The van der Waals surface area contributed by atoms with E-state index in [4.69, 9.17) is 9.47 Å². The van der Waals surface area contributed by atoms with Crippen molar-refractivity contribution in [2.45, 2.75) is 80.9 Å². The number of likely N-dealkylation sites (tertiary alicyclic amines) is 1. The Morgan fingerprint density at radius 3 is 2.72 bits per heavy atom. The van der Waals surface area contributed by atoms with Crippen LogP contribution in [0.5, 0.6) is 11.5 Å². The number of ether oxygens (including phenoxy) is 2. The number of rotatable bonds is 7. The van der Waals surface area contributed by atoms with Crippen LogP contribution in [0.15, 0.2) is 42.5 Å². The molecule has 1 N–H and O–H groups in total. The van der Waals surface area contributed by atoms with Crippen molar-refractivity contribution in [3.05, 3.63) is 59.2 Å². The Hall–Kier alpha value is -2.08. The third-order valence-electron chi connectivity index (χ3n) is 9.86. The Morgan fingerprint density at radius 1 is 1.11 bits per heavy atom. The number of hydrogen-bond acceptors (Lipinski definition) is 5. The fraction of sp³-hybridized carbons (Fsp3) is 0.567. The van der Waals surface area contributed by atoms with E-state index in [9.17, 15) is 9.90 Å². The highest BCUT2D eigenvalue weighted by Crippen LogP contribution is 2.66. The first-order valence-corrected chi connectivity index (χ1v) is 13.6. The monoisotopic (exact) mass is 509 g/mol. The van der Waals surface area contributed by atoms with Crippen LogP contribution in [0.1, 0.15) is 61.6 Å². The molecule has 5 nitrogen and oxygen atoms in total. The molecule has 2 heterocycles. The van der Waals surface area contributed by atoms with Crippen molar-refractivity contribution < 1.29 is 19.4 Å². The van der Waals surface area contributed by atoms with E-state index in [1.165, 1.54) is 30.4 Å². The molecule has 192 valence electrons. The van der Waals surface area contributed by atoms with E-state index in [1.54, 1.807) is 6.07 Å². The number of aryl methyl sites for hydroxylation is 1. The molecule has 6 heteroatoms. The van der Waals surface area contributed by atoms with Gasteiger partial charge in [0.15, 0.2) is 23.4 Å². The second kappa shape index (κ2) is 9.04. The van der Waals surface area contributed by atoms with E-state index in [1.807, 2.05) is 0 Å². The number of ketones is 1. The summed E-state index contributed by atoms with van der Waals surface area (Å²) in [5.41, 5.74) is 2.72. The van der Waals surface area contributed by atoms with E-state index in [-0.39, 0.29) is 30.0 Å². The van der Waals surface area contributed by atoms with Gasteiger partial charge in [-0.2, -0.15) is 0 Å². The molecule has 3 aliphatic carbocycles. The number of phenolic OH excluding ortho intramolecular Hbond substituents is 1. The first-order valence-electron chi connectivity index (χ1n) is 13.6. The Kier molecular flexibility index (Phi) is 6.09. The quantitative estimate of drug-likeness (QED) is 0.532. The lowest BCUT2D eigenvalue weighted by molar-refractivity contribution is -0.215. The summed E-state index contributed by atoms with van der Waals surface area (Å²) in [4.78, 5) is 16.0. The lowest BCUT2D eigenvalue weighted by Gasteiger charge is -2.64. The Bertz CT molecular complexity index is 1150. The van der Waals surface area contributed by atoms with Crippen LogP contribution in [0, 0.1) is 5.92 Å². The number of phenols is 1. The van der Waals surface area contributed by atoms with Crippen molar-refractivity contribution in [2.24, 2.45) is 5.92 Å². The van der Waals surface area contributed by atoms with Crippen molar-refractivity contribution >= 4 is 18.2 Å². The zero-order valence-corrected chi connectivity index (χ0v) is 21.6. The molecular formula is C30H36ClNO4. The molecule has 4 atom stereocenters. The summed E-state index contributed by atoms with van der Waals surface area (Å²) in [6.45, 7) is 2.78. The number of halogens is 1. The minimum absolute atomic E-state index is 0. The average molecular weight is 510 g/mol. The number of aromatic hydroxyl groups is 1. The van der Waals surface area contributed by atoms with Crippen molar-refractivity contribution in [3.63, 3.8) is 0 Å². The summed E-state index contributed by atoms with van der Waals surface area (Å²) in [6, 6.07) is 14.7. The summed E-state index contributed by atoms with van der Waals surface area (Å²) in [5, 5.41) is 10.7. The van der Waals surface area contributed by atoms with Gasteiger partial charge < -0.3 is 14.6 Å². The van der Waals surface area contributed by atoms with Gasteiger partial charge in [-0.05, 0) is 74.6 Å². The summed E-state index contributed by atoms with van der Waals surface area (Å²) in [7, 11) is 0. The molecule has 0 radical (unpaired) electrons. The maximum absolute atomic E-state index is 13.3. The first kappa shape index (κ1) is 24.3. The van der Waals surface area contributed by atoms with Gasteiger partial charge in [0.2, 0.25) is 0 Å². The van der Waals surface area contributed by atoms with Crippen LogP contribution in [0.2, 0.25) is 0 Å². The standard InChI is InChI=1S/C30H35NO4.ClH/c32-23-12-11-22-18-25-30(34-17-5-10-20-6-2-1-3-7-20)14-13-24(33)28-29(30,26(22)27(23)35-28)15-16-31(25)19-21-8-4-9-21;/h1-3,6-7,11-12,21,25,28,32H,4-5,8-10,13-19H2;1H/t25-,28?,29+,30-;/m1./s1. The smallest absolute Gasteiger partial charge is 0.174 e. The van der Waals surface area contributed by atoms with Crippen LogP contribution in [0.4, 0.5) is 0 Å². The van der Waals surface area contributed by atoms with Gasteiger partial charge in [0.05, 0.1) is 11.0 Å². The van der Waals surface area contributed by atoms with E-state index in [0.29, 0.717) is 18.8 Å². The highest BCUT2D eigenvalue weighted by atomic mass is 35.5. The van der Waals surface area contributed by atoms with Gasteiger partial charge >= 0.3 is 0 Å². The zero-order valence-electron chi connectivity index (χ0n) is 20.8. The Morgan fingerprint density at radius 2 is 1.94 bits per heavy atom. The molecule has 2 aromatic carbocycles. The maximum atomic E-state index is 13.3.